The molecule has 4 rings (SSSR count). The summed E-state index contributed by atoms with van der Waals surface area (Å²) in [5, 5.41) is 26.0. The minimum Gasteiger partial charge on any atom is -0.349 e. The standard InChI is InChI=1S/C10H9ClN4S.C9H10ClN5O2/c11-9-2-1-8(5-13-9)6-15-3-4-16-10(15)14-7-12;10-8-2-1-7(5-12-8)6-14-4-3-11-9(14)13-15(16)17/h1-2,5H,3-4,6H2;1-2,5H,3-4,6H2,(H,11,13)/b14-10-;. The Kier molecular flexibility index (Phi) is 9.05. The highest BCUT2D eigenvalue weighted by Gasteiger charge is 2.21. The van der Waals surface area contributed by atoms with Crippen molar-refractivity contribution in [3.8, 4) is 6.19 Å². The lowest BCUT2D eigenvalue weighted by Gasteiger charge is -2.16. The summed E-state index contributed by atoms with van der Waals surface area (Å²) in [6, 6.07) is 7.21. The van der Waals surface area contributed by atoms with Gasteiger partial charge in [-0.15, -0.1) is 4.99 Å². The number of rotatable bonds is 5. The van der Waals surface area contributed by atoms with Crippen LogP contribution in [0.1, 0.15) is 11.1 Å². The largest absolute Gasteiger partial charge is 0.349 e. The second-order valence-corrected chi connectivity index (χ2v) is 8.59. The highest BCUT2D eigenvalue weighted by Crippen LogP contribution is 2.20. The van der Waals surface area contributed by atoms with E-state index in [1.807, 2.05) is 18.3 Å². The van der Waals surface area contributed by atoms with Gasteiger partial charge >= 0.3 is 0 Å². The summed E-state index contributed by atoms with van der Waals surface area (Å²) in [7, 11) is 0. The van der Waals surface area contributed by atoms with E-state index in [1.54, 1.807) is 41.2 Å². The summed E-state index contributed by atoms with van der Waals surface area (Å²) in [5.74, 6) is 1.26. The van der Waals surface area contributed by atoms with Crippen LogP contribution >= 0.6 is 35.0 Å². The fourth-order valence-corrected chi connectivity index (χ4v) is 4.18. The van der Waals surface area contributed by atoms with Crippen molar-refractivity contribution < 1.29 is 5.03 Å². The molecular weight excluding hydrogens is 489 g/mol. The van der Waals surface area contributed by atoms with Crippen LogP contribution in [0.5, 0.6) is 0 Å². The zero-order chi connectivity index (χ0) is 23.6. The lowest BCUT2D eigenvalue weighted by molar-refractivity contribution is -0.485. The van der Waals surface area contributed by atoms with Crippen molar-refractivity contribution in [1.29, 1.82) is 5.26 Å². The maximum atomic E-state index is 10.3. The van der Waals surface area contributed by atoms with E-state index in [0.29, 0.717) is 29.9 Å². The average molecular weight is 508 g/mol. The normalized spacial score (nSPS) is 17.5. The van der Waals surface area contributed by atoms with Gasteiger partial charge in [0.2, 0.25) is 6.19 Å². The third-order valence-corrected chi connectivity index (χ3v) is 5.91. The van der Waals surface area contributed by atoms with Gasteiger partial charge in [0.15, 0.2) is 10.2 Å². The Morgan fingerprint density at radius 2 is 1.76 bits per heavy atom. The zero-order valence-corrected chi connectivity index (χ0v) is 19.6. The number of nitrogens with zero attached hydrogens (tertiary/aromatic N) is 8. The third-order valence-electron chi connectivity index (χ3n) is 4.47. The lowest BCUT2D eigenvalue weighted by atomic mass is 10.3. The number of hydrazone groups is 1. The summed E-state index contributed by atoms with van der Waals surface area (Å²) in [5.41, 5.74) is 1.99. The monoisotopic (exact) mass is 507 g/mol. The molecule has 2 fully saturated rings. The maximum absolute atomic E-state index is 10.3. The number of nitrogens with one attached hydrogen (secondary N) is 1. The summed E-state index contributed by atoms with van der Waals surface area (Å²) in [4.78, 5) is 25.9. The topological polar surface area (TPSA) is 136 Å². The van der Waals surface area contributed by atoms with Crippen LogP contribution in [0, 0.1) is 21.6 Å². The van der Waals surface area contributed by atoms with Gasteiger partial charge in [-0.1, -0.05) is 47.1 Å². The highest BCUT2D eigenvalue weighted by molar-refractivity contribution is 8.14. The first-order valence-corrected chi connectivity index (χ1v) is 11.5. The van der Waals surface area contributed by atoms with Gasteiger partial charge in [-0.3, -0.25) is 0 Å². The first-order valence-electron chi connectivity index (χ1n) is 9.72. The molecule has 0 atom stereocenters. The number of aromatic nitrogens is 2. The molecule has 1 N–H and O–H groups in total. The Hall–Kier alpha value is -3.14. The van der Waals surface area contributed by atoms with Gasteiger partial charge in [-0.25, -0.2) is 20.1 Å². The highest BCUT2D eigenvalue weighted by atomic mass is 35.5. The third kappa shape index (κ3) is 7.74. The second-order valence-electron chi connectivity index (χ2n) is 6.75. The zero-order valence-electron chi connectivity index (χ0n) is 17.3. The van der Waals surface area contributed by atoms with Gasteiger partial charge in [0, 0.05) is 50.9 Å². The van der Waals surface area contributed by atoms with Gasteiger partial charge < -0.3 is 15.1 Å². The van der Waals surface area contributed by atoms with E-state index >= 15 is 0 Å². The Morgan fingerprint density at radius 1 is 1.12 bits per heavy atom. The molecular formula is C19H19Cl2N9O2S. The summed E-state index contributed by atoms with van der Waals surface area (Å²) in [6.45, 7) is 3.47. The first kappa shape index (κ1) is 24.5. The summed E-state index contributed by atoms with van der Waals surface area (Å²) >= 11 is 13.0. The molecule has 0 unspecified atom stereocenters. The molecule has 2 aromatic rings. The van der Waals surface area contributed by atoms with Crippen molar-refractivity contribution in [3.05, 3.63) is 68.2 Å². The fraction of sp³-hybridized carbons (Fsp3) is 0.316. The van der Waals surface area contributed by atoms with Crippen LogP contribution in [0.2, 0.25) is 10.3 Å². The summed E-state index contributed by atoms with van der Waals surface area (Å²) in [6.07, 6.45) is 5.21. The quantitative estimate of drug-likeness (QED) is 0.280. The van der Waals surface area contributed by atoms with Crippen molar-refractivity contribution in [1.82, 2.24) is 25.1 Å². The molecule has 0 bridgehead atoms. The lowest BCUT2D eigenvalue weighted by Crippen LogP contribution is -2.30. The molecule has 172 valence electrons. The smallest absolute Gasteiger partial charge is 0.271 e. The molecule has 14 heteroatoms. The molecule has 2 aliphatic rings. The van der Waals surface area contributed by atoms with Gasteiger partial charge in [-0.2, -0.15) is 5.26 Å². The molecule has 2 aliphatic heterocycles. The average Bonchev–Trinajstić information content (AvgIpc) is 3.41. The van der Waals surface area contributed by atoms with Gasteiger partial charge in [-0.05, 0) is 23.3 Å². The van der Waals surface area contributed by atoms with Crippen molar-refractivity contribution in [2.24, 2.45) is 10.1 Å². The Bertz CT molecular complexity index is 1060. The van der Waals surface area contributed by atoms with E-state index in [4.69, 9.17) is 28.5 Å². The van der Waals surface area contributed by atoms with Gasteiger partial charge in [0.1, 0.15) is 15.4 Å². The molecule has 0 saturated carbocycles. The number of nitro groups is 1. The molecule has 0 aliphatic carbocycles. The van der Waals surface area contributed by atoms with E-state index in [0.717, 1.165) is 35.1 Å². The maximum Gasteiger partial charge on any atom is 0.271 e. The molecule has 0 radical (unpaired) electrons. The number of guanidine groups is 1. The predicted molar refractivity (Wildman–Crippen MR) is 127 cm³/mol. The number of thioether (sulfide) groups is 1. The molecule has 2 saturated heterocycles. The first-order chi connectivity index (χ1) is 15.9. The molecule has 4 heterocycles. The molecule has 0 spiro atoms. The van der Waals surface area contributed by atoms with E-state index in [2.05, 4.69) is 30.3 Å². The van der Waals surface area contributed by atoms with Crippen LogP contribution < -0.4 is 5.32 Å². The number of hydrogen-bond donors (Lipinski definition) is 1. The van der Waals surface area contributed by atoms with Crippen LogP contribution in [0.25, 0.3) is 0 Å². The molecule has 11 nitrogen and oxygen atoms in total. The van der Waals surface area contributed by atoms with Crippen molar-refractivity contribution in [2.45, 2.75) is 13.1 Å². The van der Waals surface area contributed by atoms with Crippen LogP contribution in [0.4, 0.5) is 0 Å². The van der Waals surface area contributed by atoms with Gasteiger partial charge in [0.05, 0.1) is 0 Å². The Balaban J connectivity index is 0.000000186. The SMILES string of the molecule is N#C/N=C1\SCCN1Cc1ccc(Cl)nc1.O=[N+]([O-])/N=C1\NCCN1Cc1ccc(Cl)nc1. The van der Waals surface area contributed by atoms with Crippen molar-refractivity contribution >= 4 is 46.1 Å². The number of aliphatic imine (C=N–C) groups is 1. The predicted octanol–water partition coefficient (Wildman–Crippen LogP) is 2.81. The second kappa shape index (κ2) is 12.2. The molecule has 2 aromatic heterocycles. The van der Waals surface area contributed by atoms with E-state index in [-0.39, 0.29) is 5.96 Å². The van der Waals surface area contributed by atoms with Crippen LogP contribution in [-0.4, -0.2) is 61.3 Å². The van der Waals surface area contributed by atoms with E-state index in [1.165, 1.54) is 0 Å². The minimum absolute atomic E-state index is 0.282. The number of hydrogen-bond acceptors (Lipinski definition) is 7. The van der Waals surface area contributed by atoms with Crippen LogP contribution in [-0.2, 0) is 13.1 Å². The molecule has 0 amide bonds. The Morgan fingerprint density at radius 3 is 2.30 bits per heavy atom. The van der Waals surface area contributed by atoms with E-state index in [9.17, 15) is 10.1 Å². The Labute approximate surface area is 204 Å². The van der Waals surface area contributed by atoms with Gasteiger partial charge in [0.25, 0.3) is 5.96 Å². The molecule has 33 heavy (non-hydrogen) atoms. The van der Waals surface area contributed by atoms with Crippen molar-refractivity contribution in [3.63, 3.8) is 0 Å². The number of halogens is 2. The van der Waals surface area contributed by atoms with Crippen LogP contribution in [0.15, 0.2) is 46.8 Å². The van der Waals surface area contributed by atoms with E-state index < -0.39 is 5.03 Å². The number of pyridine rings is 2. The minimum atomic E-state index is -0.708. The summed E-state index contributed by atoms with van der Waals surface area (Å²) < 4.78 is 0. The molecule has 0 aromatic carbocycles. The van der Waals surface area contributed by atoms with Crippen molar-refractivity contribution in [2.75, 3.05) is 25.4 Å². The number of amidine groups is 1. The fourth-order valence-electron chi connectivity index (χ4n) is 3.02. The van der Waals surface area contributed by atoms with Crippen LogP contribution in [0.3, 0.4) is 0 Å². The number of nitriles is 1.